The quantitative estimate of drug-likeness (QED) is 0.641. The Bertz CT molecular complexity index is 482. The molecule has 0 N–H and O–H groups in total. The summed E-state index contributed by atoms with van der Waals surface area (Å²) in [6.07, 6.45) is 0.958. The second-order valence-electron chi connectivity index (χ2n) is 10.4. The Balaban J connectivity index is 2.63. The Morgan fingerprint density at radius 3 is 2.23 bits per heavy atom. The van der Waals surface area contributed by atoms with E-state index in [0.29, 0.717) is 6.04 Å². The van der Waals surface area contributed by atoms with E-state index in [4.69, 9.17) is 9.16 Å². The van der Waals surface area contributed by atoms with Gasteiger partial charge in [-0.1, -0.05) is 20.8 Å². The molecule has 1 aliphatic rings. The standard InChI is InChI=1S/C20H42N2O3Si/c1-15(25-26(10,11)20(6,7)8)14-21(9)17-12-13-22(16(17)2)18(23)24-19(3,4)5/h15-17H,12-14H2,1-11H3/t15-,16-,17-/m0/s1. The predicted octanol–water partition coefficient (Wildman–Crippen LogP) is 4.73. The second-order valence-corrected chi connectivity index (χ2v) is 15.2. The minimum Gasteiger partial charge on any atom is -0.444 e. The van der Waals surface area contributed by atoms with Crippen LogP contribution < -0.4 is 0 Å². The van der Waals surface area contributed by atoms with Gasteiger partial charge in [0.2, 0.25) is 0 Å². The number of likely N-dealkylation sites (N-methyl/N-ethyl adjacent to an activating group) is 1. The normalized spacial score (nSPS) is 23.5. The van der Waals surface area contributed by atoms with E-state index >= 15 is 0 Å². The summed E-state index contributed by atoms with van der Waals surface area (Å²) in [5.74, 6) is 0. The molecule has 1 fully saturated rings. The van der Waals surface area contributed by atoms with Crippen molar-refractivity contribution in [1.82, 2.24) is 9.80 Å². The summed E-state index contributed by atoms with van der Waals surface area (Å²) in [4.78, 5) is 16.6. The summed E-state index contributed by atoms with van der Waals surface area (Å²) in [5, 5.41) is 0.216. The first-order valence-corrected chi connectivity index (χ1v) is 12.8. The highest BCUT2D eigenvalue weighted by Gasteiger charge is 2.41. The molecule has 0 spiro atoms. The van der Waals surface area contributed by atoms with Gasteiger partial charge in [-0.25, -0.2) is 4.79 Å². The van der Waals surface area contributed by atoms with Crippen LogP contribution in [0.5, 0.6) is 0 Å². The first-order chi connectivity index (χ1) is 11.5. The number of hydrogen-bond acceptors (Lipinski definition) is 4. The van der Waals surface area contributed by atoms with E-state index < -0.39 is 13.9 Å². The van der Waals surface area contributed by atoms with Gasteiger partial charge in [0, 0.05) is 25.2 Å². The molecule has 154 valence electrons. The van der Waals surface area contributed by atoms with Crippen LogP contribution >= 0.6 is 0 Å². The number of hydrogen-bond donors (Lipinski definition) is 0. The van der Waals surface area contributed by atoms with Crippen LogP contribution in [-0.2, 0) is 9.16 Å². The Hall–Kier alpha value is -0.593. The van der Waals surface area contributed by atoms with Crippen molar-refractivity contribution in [3.63, 3.8) is 0 Å². The van der Waals surface area contributed by atoms with Gasteiger partial charge in [-0.05, 0) is 66.2 Å². The van der Waals surface area contributed by atoms with Crippen molar-refractivity contribution in [3.8, 4) is 0 Å². The topological polar surface area (TPSA) is 42.0 Å². The van der Waals surface area contributed by atoms with Crippen molar-refractivity contribution in [2.45, 2.75) is 104 Å². The third-order valence-electron chi connectivity index (χ3n) is 5.76. The molecule has 0 aromatic carbocycles. The molecule has 0 aromatic heterocycles. The molecule has 1 amide bonds. The van der Waals surface area contributed by atoms with Crippen molar-refractivity contribution in [2.75, 3.05) is 20.1 Å². The Kier molecular flexibility index (Phi) is 7.39. The predicted molar refractivity (Wildman–Crippen MR) is 111 cm³/mol. The first-order valence-electron chi connectivity index (χ1n) is 9.93. The molecule has 0 aromatic rings. The minimum atomic E-state index is -1.76. The fourth-order valence-corrected chi connectivity index (χ4v) is 4.78. The van der Waals surface area contributed by atoms with Gasteiger partial charge in [0.05, 0.1) is 6.10 Å². The number of ether oxygens (including phenoxy) is 1. The summed E-state index contributed by atoms with van der Waals surface area (Å²) in [5.41, 5.74) is -0.452. The van der Waals surface area contributed by atoms with Crippen molar-refractivity contribution in [2.24, 2.45) is 0 Å². The zero-order chi connectivity index (χ0) is 20.5. The number of nitrogens with zero attached hydrogens (tertiary/aromatic N) is 2. The molecule has 0 bridgehead atoms. The van der Waals surface area contributed by atoms with Gasteiger partial charge in [-0.3, -0.25) is 4.90 Å². The molecule has 1 saturated heterocycles. The zero-order valence-corrected chi connectivity index (χ0v) is 20.0. The highest BCUT2D eigenvalue weighted by molar-refractivity contribution is 6.74. The van der Waals surface area contributed by atoms with Crippen LogP contribution in [0, 0.1) is 0 Å². The van der Waals surface area contributed by atoms with Crippen molar-refractivity contribution < 1.29 is 14.0 Å². The fraction of sp³-hybridized carbons (Fsp3) is 0.950. The molecule has 0 saturated carbocycles. The Labute approximate surface area is 162 Å². The number of rotatable bonds is 5. The van der Waals surface area contributed by atoms with E-state index in [1.165, 1.54) is 0 Å². The van der Waals surface area contributed by atoms with Crippen molar-refractivity contribution >= 4 is 14.4 Å². The third-order valence-corrected chi connectivity index (χ3v) is 10.4. The smallest absolute Gasteiger partial charge is 0.410 e. The summed E-state index contributed by atoms with van der Waals surface area (Å²) >= 11 is 0. The van der Waals surface area contributed by atoms with Gasteiger partial charge in [-0.15, -0.1) is 0 Å². The molecule has 1 rings (SSSR count). The molecule has 1 aliphatic heterocycles. The summed E-state index contributed by atoms with van der Waals surface area (Å²) in [6, 6.07) is 0.489. The molecule has 3 atom stereocenters. The molecular formula is C20H42N2O3Si. The van der Waals surface area contributed by atoms with Crippen LogP contribution in [-0.4, -0.2) is 68.1 Å². The largest absolute Gasteiger partial charge is 0.444 e. The average molecular weight is 387 g/mol. The molecule has 6 heteroatoms. The SMILES string of the molecule is C[C@@H](CN(C)[C@H]1CCN(C(=O)OC(C)(C)C)[C@H]1C)O[Si](C)(C)C(C)(C)C. The van der Waals surface area contributed by atoms with Gasteiger partial charge in [0.1, 0.15) is 5.60 Å². The molecule has 5 nitrogen and oxygen atoms in total. The van der Waals surface area contributed by atoms with Crippen LogP contribution in [0.4, 0.5) is 4.79 Å². The number of likely N-dealkylation sites (tertiary alicyclic amines) is 1. The number of carbonyl (C=O) groups excluding carboxylic acids is 1. The second kappa shape index (κ2) is 8.19. The molecule has 0 radical (unpaired) electrons. The lowest BCUT2D eigenvalue weighted by Crippen LogP contribution is -2.49. The van der Waals surface area contributed by atoms with E-state index in [9.17, 15) is 4.79 Å². The third kappa shape index (κ3) is 6.24. The van der Waals surface area contributed by atoms with Gasteiger partial charge < -0.3 is 14.1 Å². The van der Waals surface area contributed by atoms with Gasteiger partial charge in [0.25, 0.3) is 0 Å². The minimum absolute atomic E-state index is 0.148. The number of carbonyl (C=O) groups is 1. The average Bonchev–Trinajstić information content (AvgIpc) is 2.76. The van der Waals surface area contributed by atoms with Crippen LogP contribution in [0.15, 0.2) is 0 Å². The highest BCUT2D eigenvalue weighted by atomic mass is 28.4. The molecular weight excluding hydrogens is 344 g/mol. The first kappa shape index (κ1) is 23.4. The van der Waals surface area contributed by atoms with Gasteiger partial charge in [0.15, 0.2) is 8.32 Å². The summed E-state index contributed by atoms with van der Waals surface area (Å²) in [6.45, 7) is 23.1. The molecule has 0 aliphatic carbocycles. The van der Waals surface area contributed by atoms with Crippen molar-refractivity contribution in [1.29, 1.82) is 0 Å². The maximum Gasteiger partial charge on any atom is 0.410 e. The monoisotopic (exact) mass is 386 g/mol. The van der Waals surface area contributed by atoms with Gasteiger partial charge >= 0.3 is 6.09 Å². The lowest BCUT2D eigenvalue weighted by atomic mass is 10.1. The summed E-state index contributed by atoms with van der Waals surface area (Å²) in [7, 11) is 0.383. The number of amides is 1. The fourth-order valence-electron chi connectivity index (χ4n) is 3.35. The maximum atomic E-state index is 12.4. The van der Waals surface area contributed by atoms with Gasteiger partial charge in [-0.2, -0.15) is 0 Å². The maximum absolute atomic E-state index is 12.4. The Morgan fingerprint density at radius 2 is 1.77 bits per heavy atom. The van der Waals surface area contributed by atoms with Crippen molar-refractivity contribution in [3.05, 3.63) is 0 Å². The van der Waals surface area contributed by atoms with Crippen LogP contribution in [0.3, 0.4) is 0 Å². The molecule has 1 heterocycles. The molecule has 0 unspecified atom stereocenters. The van der Waals surface area contributed by atoms with Crippen LogP contribution in [0.25, 0.3) is 0 Å². The lowest BCUT2D eigenvalue weighted by molar-refractivity contribution is 0.0200. The van der Waals surface area contributed by atoms with E-state index in [1.54, 1.807) is 0 Å². The van der Waals surface area contributed by atoms with E-state index in [0.717, 1.165) is 19.5 Å². The van der Waals surface area contributed by atoms with E-state index in [1.807, 2.05) is 25.7 Å². The van der Waals surface area contributed by atoms with E-state index in [-0.39, 0.29) is 23.3 Å². The molecule has 26 heavy (non-hydrogen) atoms. The van der Waals surface area contributed by atoms with E-state index in [2.05, 4.69) is 59.7 Å². The summed E-state index contributed by atoms with van der Waals surface area (Å²) < 4.78 is 12.1. The lowest BCUT2D eigenvalue weighted by Gasteiger charge is -2.40. The zero-order valence-electron chi connectivity index (χ0n) is 19.0. The highest BCUT2D eigenvalue weighted by Crippen LogP contribution is 2.37. The van der Waals surface area contributed by atoms with Crippen LogP contribution in [0.1, 0.15) is 61.8 Å². The Morgan fingerprint density at radius 1 is 1.23 bits per heavy atom. The van der Waals surface area contributed by atoms with Crippen LogP contribution in [0.2, 0.25) is 18.1 Å².